The maximum atomic E-state index is 11.7. The molecule has 0 aliphatic rings. The lowest BCUT2D eigenvalue weighted by Gasteiger charge is -2.03. The van der Waals surface area contributed by atoms with Gasteiger partial charge in [-0.25, -0.2) is 0 Å². The Balaban J connectivity index is 3.46. The van der Waals surface area contributed by atoms with Gasteiger partial charge < -0.3 is 5.73 Å². The highest BCUT2D eigenvalue weighted by Crippen LogP contribution is 2.19. The molecule has 0 bridgehead atoms. The number of carbonyl (C=O) groups excluding carboxylic acids is 2. The highest BCUT2D eigenvalue weighted by Gasteiger charge is 2.36. The molecule has 0 radical (unpaired) electrons. The summed E-state index contributed by atoms with van der Waals surface area (Å²) in [5, 5.41) is 0. The van der Waals surface area contributed by atoms with Gasteiger partial charge in [-0.05, 0) is 12.8 Å². The summed E-state index contributed by atoms with van der Waals surface area (Å²) < 4.78 is 35.0. The van der Waals surface area contributed by atoms with Crippen molar-refractivity contribution in [2.24, 2.45) is 5.73 Å². The van der Waals surface area contributed by atoms with Gasteiger partial charge in [-0.1, -0.05) is 6.42 Å². The van der Waals surface area contributed by atoms with Crippen molar-refractivity contribution in [3.63, 3.8) is 0 Å². The van der Waals surface area contributed by atoms with E-state index in [1.54, 1.807) is 0 Å². The molecule has 82 valence electrons. The molecule has 0 aromatic rings. The summed E-state index contributed by atoms with van der Waals surface area (Å²) in [6.07, 6.45) is -4.11. The van der Waals surface area contributed by atoms with E-state index in [-0.39, 0.29) is 12.8 Å². The van der Waals surface area contributed by atoms with Crippen LogP contribution in [-0.4, -0.2) is 17.9 Å². The molecule has 0 aliphatic heterocycles. The second-order valence-electron chi connectivity index (χ2n) is 2.95. The van der Waals surface area contributed by atoms with E-state index in [4.69, 9.17) is 5.73 Å². The van der Waals surface area contributed by atoms with Crippen molar-refractivity contribution in [1.29, 1.82) is 0 Å². The lowest BCUT2D eigenvalue weighted by Crippen LogP contribution is -2.22. The average Bonchev–Trinajstić information content (AvgIpc) is 2.01. The van der Waals surface area contributed by atoms with Crippen molar-refractivity contribution in [3.05, 3.63) is 0 Å². The zero-order valence-corrected chi connectivity index (χ0v) is 7.56. The summed E-state index contributed by atoms with van der Waals surface area (Å²) in [5.41, 5.74) is 4.82. The van der Waals surface area contributed by atoms with Crippen LogP contribution < -0.4 is 5.73 Å². The third-order valence-electron chi connectivity index (χ3n) is 1.64. The molecule has 0 saturated carbocycles. The molecule has 6 heteroatoms. The second kappa shape index (κ2) is 5.62. The Morgan fingerprint density at radius 2 is 1.50 bits per heavy atom. The van der Waals surface area contributed by atoms with E-state index < -0.39 is 24.3 Å². The summed E-state index contributed by atoms with van der Waals surface area (Å²) in [6, 6.07) is 0. The fourth-order valence-corrected chi connectivity index (χ4v) is 0.903. The molecular weight excluding hydrogens is 199 g/mol. The topological polar surface area (TPSA) is 60.2 Å². The van der Waals surface area contributed by atoms with E-state index in [0.717, 1.165) is 0 Å². The summed E-state index contributed by atoms with van der Waals surface area (Å²) >= 11 is 0. The first-order chi connectivity index (χ1) is 6.34. The number of alkyl halides is 3. The van der Waals surface area contributed by atoms with Crippen molar-refractivity contribution >= 4 is 11.7 Å². The Kier molecular flexibility index (Phi) is 5.19. The Hall–Kier alpha value is -1.07. The number of hydrogen-bond acceptors (Lipinski definition) is 2. The number of ketones is 1. The Morgan fingerprint density at radius 3 is 1.93 bits per heavy atom. The molecule has 0 unspecified atom stereocenters. The van der Waals surface area contributed by atoms with Crippen LogP contribution in [0, 0.1) is 0 Å². The number of primary amides is 1. The van der Waals surface area contributed by atoms with Crippen LogP contribution in [0.5, 0.6) is 0 Å². The molecule has 0 fully saturated rings. The Bertz CT molecular complexity index is 213. The molecular formula is C8H12F3NO2. The van der Waals surface area contributed by atoms with Gasteiger partial charge in [0.05, 0.1) is 0 Å². The third kappa shape index (κ3) is 6.45. The zero-order valence-electron chi connectivity index (χ0n) is 7.56. The van der Waals surface area contributed by atoms with Crippen LogP contribution in [-0.2, 0) is 9.59 Å². The fourth-order valence-electron chi connectivity index (χ4n) is 0.903. The molecule has 0 atom stereocenters. The molecule has 14 heavy (non-hydrogen) atoms. The van der Waals surface area contributed by atoms with Crippen LogP contribution in [0.15, 0.2) is 0 Å². The minimum atomic E-state index is -4.73. The van der Waals surface area contributed by atoms with E-state index in [9.17, 15) is 22.8 Å². The van der Waals surface area contributed by atoms with Gasteiger partial charge in [0.1, 0.15) is 0 Å². The van der Waals surface area contributed by atoms with Gasteiger partial charge in [-0.2, -0.15) is 13.2 Å². The predicted molar refractivity (Wildman–Crippen MR) is 43.3 cm³/mol. The number of Topliss-reactive ketones (excluding diaryl/α,β-unsaturated/α-hetero) is 1. The lowest BCUT2D eigenvalue weighted by atomic mass is 10.1. The monoisotopic (exact) mass is 211 g/mol. The number of nitrogens with two attached hydrogens (primary N) is 1. The summed E-state index contributed by atoms with van der Waals surface area (Å²) in [6.45, 7) is 0. The summed E-state index contributed by atoms with van der Waals surface area (Å²) in [5.74, 6) is -2.19. The van der Waals surface area contributed by atoms with Crippen molar-refractivity contribution in [1.82, 2.24) is 0 Å². The number of rotatable bonds is 6. The maximum absolute atomic E-state index is 11.7. The number of amides is 1. The molecule has 0 spiro atoms. The van der Waals surface area contributed by atoms with Gasteiger partial charge in [0, 0.05) is 12.8 Å². The quantitative estimate of drug-likeness (QED) is 0.677. The van der Waals surface area contributed by atoms with Gasteiger partial charge in [-0.3, -0.25) is 9.59 Å². The van der Waals surface area contributed by atoms with Crippen molar-refractivity contribution in [3.8, 4) is 0 Å². The fraction of sp³-hybridized carbons (Fsp3) is 0.750. The molecule has 2 N–H and O–H groups in total. The van der Waals surface area contributed by atoms with Gasteiger partial charge in [0.25, 0.3) is 0 Å². The first-order valence-corrected chi connectivity index (χ1v) is 4.22. The average molecular weight is 211 g/mol. The standard InChI is InChI=1S/C8H12F3NO2/c9-8(10,11)6(13)4-2-1-3-5-7(12)14/h1-5H2,(H2,12,14). The van der Waals surface area contributed by atoms with Crippen molar-refractivity contribution in [2.45, 2.75) is 38.3 Å². The number of halogens is 3. The van der Waals surface area contributed by atoms with Crippen LogP contribution in [0.25, 0.3) is 0 Å². The van der Waals surface area contributed by atoms with Crippen LogP contribution in [0.2, 0.25) is 0 Å². The second-order valence-corrected chi connectivity index (χ2v) is 2.95. The number of carbonyl (C=O) groups is 2. The first kappa shape index (κ1) is 12.9. The number of hydrogen-bond donors (Lipinski definition) is 1. The normalized spacial score (nSPS) is 11.4. The summed E-state index contributed by atoms with van der Waals surface area (Å²) in [4.78, 5) is 20.6. The van der Waals surface area contributed by atoms with Gasteiger partial charge in [0.2, 0.25) is 11.7 Å². The Labute approximate surface area is 79.5 Å². The SMILES string of the molecule is NC(=O)CCCCCC(=O)C(F)(F)F. The van der Waals surface area contributed by atoms with Gasteiger partial charge in [0.15, 0.2) is 0 Å². The molecule has 0 aromatic carbocycles. The minimum absolute atomic E-state index is 0.144. The molecule has 0 heterocycles. The van der Waals surface area contributed by atoms with E-state index in [1.165, 1.54) is 0 Å². The smallest absolute Gasteiger partial charge is 0.370 e. The van der Waals surface area contributed by atoms with Crippen molar-refractivity contribution < 1.29 is 22.8 Å². The largest absolute Gasteiger partial charge is 0.449 e. The molecule has 0 rings (SSSR count). The lowest BCUT2D eigenvalue weighted by molar-refractivity contribution is -0.171. The van der Waals surface area contributed by atoms with E-state index in [2.05, 4.69) is 0 Å². The molecule has 1 amide bonds. The Morgan fingerprint density at radius 1 is 1.00 bits per heavy atom. The van der Waals surface area contributed by atoms with Crippen molar-refractivity contribution in [2.75, 3.05) is 0 Å². The minimum Gasteiger partial charge on any atom is -0.370 e. The van der Waals surface area contributed by atoms with Crippen LogP contribution in [0.3, 0.4) is 0 Å². The maximum Gasteiger partial charge on any atom is 0.449 e. The first-order valence-electron chi connectivity index (χ1n) is 4.22. The number of unbranched alkanes of at least 4 members (excludes halogenated alkanes) is 2. The summed E-state index contributed by atoms with van der Waals surface area (Å²) in [7, 11) is 0. The predicted octanol–water partition coefficient (Wildman–Crippen LogP) is 1.55. The van der Waals surface area contributed by atoms with Crippen LogP contribution in [0.1, 0.15) is 32.1 Å². The molecule has 3 nitrogen and oxygen atoms in total. The molecule has 0 saturated heterocycles. The third-order valence-corrected chi connectivity index (χ3v) is 1.64. The highest BCUT2D eigenvalue weighted by atomic mass is 19.4. The van der Waals surface area contributed by atoms with E-state index >= 15 is 0 Å². The van der Waals surface area contributed by atoms with E-state index in [0.29, 0.717) is 12.8 Å². The molecule has 0 aromatic heterocycles. The van der Waals surface area contributed by atoms with Crippen LogP contribution >= 0.6 is 0 Å². The van der Waals surface area contributed by atoms with Crippen LogP contribution in [0.4, 0.5) is 13.2 Å². The van der Waals surface area contributed by atoms with Gasteiger partial charge >= 0.3 is 6.18 Å². The van der Waals surface area contributed by atoms with E-state index in [1.807, 2.05) is 0 Å². The highest BCUT2D eigenvalue weighted by molar-refractivity contribution is 5.83. The molecule has 0 aliphatic carbocycles. The zero-order chi connectivity index (χ0) is 11.2. The van der Waals surface area contributed by atoms with Gasteiger partial charge in [-0.15, -0.1) is 0 Å².